The van der Waals surface area contributed by atoms with Crippen molar-refractivity contribution in [3.8, 4) is 0 Å². The third-order valence-electron chi connectivity index (χ3n) is 5.97. The van der Waals surface area contributed by atoms with E-state index >= 15 is 0 Å². The fraction of sp³-hybridized carbons (Fsp3) is 0.611. The molecular formula is C18H25ClN2. The number of fused-ring (bicyclic) bond motifs is 1. The van der Waals surface area contributed by atoms with E-state index in [4.69, 9.17) is 16.6 Å². The van der Waals surface area contributed by atoms with Crippen molar-refractivity contribution in [2.75, 3.05) is 0 Å². The summed E-state index contributed by atoms with van der Waals surface area (Å²) in [5.41, 5.74) is 4.27. The van der Waals surface area contributed by atoms with E-state index in [1.54, 1.807) is 0 Å². The van der Waals surface area contributed by atoms with Crippen LogP contribution in [-0.4, -0.2) is 9.55 Å². The fourth-order valence-corrected chi connectivity index (χ4v) is 3.89. The molecule has 1 saturated carbocycles. The van der Waals surface area contributed by atoms with Crippen molar-refractivity contribution in [3.05, 3.63) is 29.6 Å². The Morgan fingerprint density at radius 3 is 2.38 bits per heavy atom. The smallest absolute Gasteiger partial charge is 0.127 e. The highest BCUT2D eigenvalue weighted by molar-refractivity contribution is 6.20. The van der Waals surface area contributed by atoms with E-state index in [-0.39, 0.29) is 5.38 Å². The minimum absolute atomic E-state index is 0.0670. The number of alkyl halides is 1. The molecule has 1 unspecified atom stereocenters. The monoisotopic (exact) mass is 304 g/mol. The minimum Gasteiger partial charge on any atom is -0.326 e. The molecule has 2 aromatic rings. The van der Waals surface area contributed by atoms with Gasteiger partial charge in [0, 0.05) is 6.54 Å². The predicted molar refractivity (Wildman–Crippen MR) is 89.8 cm³/mol. The molecule has 3 heteroatoms. The van der Waals surface area contributed by atoms with Crippen molar-refractivity contribution < 1.29 is 0 Å². The summed E-state index contributed by atoms with van der Waals surface area (Å²) in [4.78, 5) is 4.78. The third-order valence-corrected chi connectivity index (χ3v) is 6.17. The van der Waals surface area contributed by atoms with Crippen LogP contribution in [0.1, 0.15) is 51.4 Å². The van der Waals surface area contributed by atoms with E-state index < -0.39 is 0 Å². The van der Waals surface area contributed by atoms with Gasteiger partial charge in [-0.1, -0.05) is 33.8 Å². The average molecular weight is 305 g/mol. The molecule has 1 heterocycles. The zero-order chi connectivity index (χ0) is 15.6. The fourth-order valence-electron chi connectivity index (χ4n) is 3.73. The summed E-state index contributed by atoms with van der Waals surface area (Å²) in [7, 11) is 0. The molecule has 0 radical (unpaired) electrons. The van der Waals surface area contributed by atoms with E-state index in [9.17, 15) is 0 Å². The van der Waals surface area contributed by atoms with Crippen LogP contribution in [0.25, 0.3) is 11.0 Å². The van der Waals surface area contributed by atoms with Crippen molar-refractivity contribution in [1.82, 2.24) is 9.55 Å². The zero-order valence-corrected chi connectivity index (χ0v) is 14.6. The molecule has 0 N–H and O–H groups in total. The van der Waals surface area contributed by atoms with Gasteiger partial charge in [-0.15, -0.1) is 11.6 Å². The first-order valence-electron chi connectivity index (χ1n) is 7.77. The van der Waals surface area contributed by atoms with E-state index in [2.05, 4.69) is 57.4 Å². The first-order chi connectivity index (χ1) is 9.66. The molecule has 1 fully saturated rings. The quantitative estimate of drug-likeness (QED) is 0.701. The van der Waals surface area contributed by atoms with Gasteiger partial charge >= 0.3 is 0 Å². The lowest BCUT2D eigenvalue weighted by Gasteiger charge is -2.12. The zero-order valence-electron chi connectivity index (χ0n) is 13.9. The molecule has 21 heavy (non-hydrogen) atoms. The van der Waals surface area contributed by atoms with Crippen molar-refractivity contribution in [3.63, 3.8) is 0 Å². The maximum Gasteiger partial charge on any atom is 0.127 e. The Hall–Kier alpha value is -1.02. The van der Waals surface area contributed by atoms with Crippen LogP contribution in [0.15, 0.2) is 18.2 Å². The lowest BCUT2D eigenvalue weighted by Crippen LogP contribution is -2.09. The Labute approximate surface area is 132 Å². The van der Waals surface area contributed by atoms with Crippen LogP contribution in [-0.2, 0) is 6.54 Å². The van der Waals surface area contributed by atoms with Crippen LogP contribution < -0.4 is 0 Å². The Balaban J connectivity index is 2.07. The average Bonchev–Trinajstić information content (AvgIpc) is 2.70. The number of aryl methyl sites for hydroxylation is 1. The van der Waals surface area contributed by atoms with Crippen LogP contribution >= 0.6 is 11.6 Å². The number of hydrogen-bond donors (Lipinski definition) is 0. The molecule has 3 rings (SSSR count). The molecule has 1 aromatic carbocycles. The van der Waals surface area contributed by atoms with Crippen LogP contribution in [0.2, 0.25) is 0 Å². The Bertz CT molecular complexity index is 681. The Kier molecular flexibility index (Phi) is 3.18. The molecule has 0 amide bonds. The first kappa shape index (κ1) is 14.9. The van der Waals surface area contributed by atoms with Crippen molar-refractivity contribution >= 4 is 22.6 Å². The summed E-state index contributed by atoms with van der Waals surface area (Å²) in [5.74, 6) is 1.66. The van der Waals surface area contributed by atoms with Gasteiger partial charge in [0.05, 0.1) is 16.4 Å². The second-order valence-corrected chi connectivity index (χ2v) is 8.34. The van der Waals surface area contributed by atoms with Crippen LogP contribution in [0, 0.1) is 23.7 Å². The summed E-state index contributed by atoms with van der Waals surface area (Å²) in [6, 6.07) is 6.49. The molecule has 0 saturated heterocycles. The van der Waals surface area contributed by atoms with Gasteiger partial charge in [-0.3, -0.25) is 0 Å². The standard InChI is InChI=1S/C18H25ClN2/c1-11-7-8-14-13(9-11)20-16(12(2)19)21(14)10-15-17(3,4)18(15,5)6/h7-9,12,15H,10H2,1-6H3. The van der Waals surface area contributed by atoms with Gasteiger partial charge in [0.25, 0.3) is 0 Å². The molecule has 0 bridgehead atoms. The number of rotatable bonds is 3. The third kappa shape index (κ3) is 2.11. The summed E-state index contributed by atoms with van der Waals surface area (Å²) < 4.78 is 2.34. The highest BCUT2D eigenvalue weighted by Crippen LogP contribution is 2.69. The first-order valence-corrected chi connectivity index (χ1v) is 8.20. The molecule has 0 aliphatic heterocycles. The molecule has 0 spiro atoms. The molecular weight excluding hydrogens is 280 g/mol. The lowest BCUT2D eigenvalue weighted by atomic mass is 10.0. The van der Waals surface area contributed by atoms with Gasteiger partial charge < -0.3 is 4.57 Å². The maximum atomic E-state index is 6.38. The van der Waals surface area contributed by atoms with Crippen LogP contribution in [0.5, 0.6) is 0 Å². The maximum absolute atomic E-state index is 6.38. The number of hydrogen-bond acceptors (Lipinski definition) is 1. The van der Waals surface area contributed by atoms with Gasteiger partial charge in [0.1, 0.15) is 5.82 Å². The minimum atomic E-state index is -0.0670. The number of halogens is 1. The molecule has 1 atom stereocenters. The molecule has 114 valence electrons. The summed E-state index contributed by atoms with van der Waals surface area (Å²) in [6.45, 7) is 14.6. The van der Waals surface area contributed by atoms with Crippen molar-refractivity contribution in [2.24, 2.45) is 16.7 Å². The van der Waals surface area contributed by atoms with E-state index in [1.165, 1.54) is 11.1 Å². The number of nitrogens with zero attached hydrogens (tertiary/aromatic N) is 2. The Morgan fingerprint density at radius 1 is 1.24 bits per heavy atom. The van der Waals surface area contributed by atoms with Crippen LogP contribution in [0.4, 0.5) is 0 Å². The second-order valence-electron chi connectivity index (χ2n) is 7.68. The highest BCUT2D eigenvalue weighted by Gasteiger charge is 2.64. The lowest BCUT2D eigenvalue weighted by molar-refractivity contribution is 0.457. The van der Waals surface area contributed by atoms with Gasteiger partial charge in [-0.25, -0.2) is 4.98 Å². The summed E-state index contributed by atoms with van der Waals surface area (Å²) in [5, 5.41) is -0.0670. The second kappa shape index (κ2) is 4.49. The number of benzene rings is 1. The van der Waals surface area contributed by atoms with Gasteiger partial charge in [-0.2, -0.15) is 0 Å². The molecule has 2 nitrogen and oxygen atoms in total. The molecule has 1 aliphatic rings. The Morgan fingerprint density at radius 2 is 1.86 bits per heavy atom. The van der Waals surface area contributed by atoms with E-state index in [0.29, 0.717) is 16.7 Å². The summed E-state index contributed by atoms with van der Waals surface area (Å²) in [6.07, 6.45) is 0. The highest BCUT2D eigenvalue weighted by atomic mass is 35.5. The van der Waals surface area contributed by atoms with Gasteiger partial charge in [-0.05, 0) is 48.3 Å². The van der Waals surface area contributed by atoms with E-state index in [1.807, 2.05) is 6.92 Å². The number of aromatic nitrogens is 2. The van der Waals surface area contributed by atoms with Gasteiger partial charge in [0.2, 0.25) is 0 Å². The normalized spacial score (nSPS) is 21.7. The van der Waals surface area contributed by atoms with Crippen molar-refractivity contribution in [2.45, 2.75) is 53.5 Å². The topological polar surface area (TPSA) is 17.8 Å². The molecule has 1 aliphatic carbocycles. The predicted octanol–water partition coefficient (Wildman–Crippen LogP) is 5.33. The van der Waals surface area contributed by atoms with Crippen molar-refractivity contribution in [1.29, 1.82) is 0 Å². The SMILES string of the molecule is Cc1ccc2c(c1)nc(C(C)Cl)n2CC1C(C)(C)C1(C)C. The summed E-state index contributed by atoms with van der Waals surface area (Å²) >= 11 is 6.38. The van der Waals surface area contributed by atoms with E-state index in [0.717, 1.165) is 17.9 Å². The number of imidazole rings is 1. The van der Waals surface area contributed by atoms with Crippen LogP contribution in [0.3, 0.4) is 0 Å². The van der Waals surface area contributed by atoms with Gasteiger partial charge in [0.15, 0.2) is 0 Å². The largest absolute Gasteiger partial charge is 0.326 e. The molecule has 1 aromatic heterocycles.